The van der Waals surface area contributed by atoms with E-state index < -0.39 is 0 Å². The maximum Gasteiger partial charge on any atom is 0.230 e. The van der Waals surface area contributed by atoms with Gasteiger partial charge in [-0.25, -0.2) is 0 Å². The van der Waals surface area contributed by atoms with E-state index in [9.17, 15) is 4.79 Å². The molecule has 5 aliphatic rings. The standard InChI is InChI=1S/C24H25NO/c26-23(24-12-15-7-16(13-24)9-17(8-15)14-24)25-20-5-6-22-19(11-20)10-18-3-1-2-4-21(18)22/h1-6,11,15-17H,7-10,12-14H2,(H,25,26). The van der Waals surface area contributed by atoms with Crippen molar-refractivity contribution in [2.75, 3.05) is 5.32 Å². The highest BCUT2D eigenvalue weighted by Crippen LogP contribution is 2.60. The molecule has 4 saturated carbocycles. The van der Waals surface area contributed by atoms with Gasteiger partial charge in [0.05, 0.1) is 5.41 Å². The number of carbonyl (C=O) groups is 1. The number of rotatable bonds is 2. The lowest BCUT2D eigenvalue weighted by Gasteiger charge is -2.55. The van der Waals surface area contributed by atoms with Crippen LogP contribution in [0.1, 0.15) is 49.7 Å². The van der Waals surface area contributed by atoms with Crippen LogP contribution in [0, 0.1) is 23.2 Å². The average Bonchev–Trinajstić information content (AvgIpc) is 2.98. The minimum Gasteiger partial charge on any atom is -0.326 e. The molecule has 0 aliphatic heterocycles. The van der Waals surface area contributed by atoms with Crippen molar-refractivity contribution in [1.29, 1.82) is 0 Å². The molecule has 4 fully saturated rings. The number of anilines is 1. The second-order valence-electron chi connectivity index (χ2n) is 9.36. The summed E-state index contributed by atoms with van der Waals surface area (Å²) in [5.41, 5.74) is 6.32. The van der Waals surface area contributed by atoms with Gasteiger partial charge in [0.1, 0.15) is 0 Å². The summed E-state index contributed by atoms with van der Waals surface area (Å²) in [7, 11) is 0. The van der Waals surface area contributed by atoms with Gasteiger partial charge in [0.2, 0.25) is 5.91 Å². The van der Waals surface area contributed by atoms with Crippen LogP contribution in [0.5, 0.6) is 0 Å². The zero-order valence-corrected chi connectivity index (χ0v) is 15.1. The molecule has 1 N–H and O–H groups in total. The fraction of sp³-hybridized carbons (Fsp3) is 0.458. The van der Waals surface area contributed by atoms with Crippen molar-refractivity contribution in [3.8, 4) is 11.1 Å². The Hall–Kier alpha value is -2.09. The van der Waals surface area contributed by atoms with Gasteiger partial charge in [-0.15, -0.1) is 0 Å². The van der Waals surface area contributed by atoms with E-state index >= 15 is 0 Å². The first-order valence-corrected chi connectivity index (χ1v) is 10.2. The van der Waals surface area contributed by atoms with Gasteiger partial charge in [-0.3, -0.25) is 4.79 Å². The highest BCUT2D eigenvalue weighted by Gasteiger charge is 2.54. The third kappa shape index (κ3) is 2.14. The van der Waals surface area contributed by atoms with Crippen LogP contribution in [0.25, 0.3) is 11.1 Å². The maximum atomic E-state index is 13.3. The molecule has 0 unspecified atom stereocenters. The Kier molecular flexibility index (Phi) is 3.01. The first-order valence-electron chi connectivity index (χ1n) is 10.2. The molecular formula is C24H25NO. The van der Waals surface area contributed by atoms with Crippen LogP contribution < -0.4 is 5.32 Å². The molecule has 2 nitrogen and oxygen atoms in total. The number of fused-ring (bicyclic) bond motifs is 3. The number of hydrogen-bond acceptors (Lipinski definition) is 1. The topological polar surface area (TPSA) is 29.1 Å². The number of carbonyl (C=O) groups excluding carboxylic acids is 1. The van der Waals surface area contributed by atoms with Gasteiger partial charge in [0.15, 0.2) is 0 Å². The number of amides is 1. The Morgan fingerprint density at radius 1 is 0.846 bits per heavy atom. The second kappa shape index (κ2) is 5.22. The van der Waals surface area contributed by atoms with Gasteiger partial charge in [0.25, 0.3) is 0 Å². The van der Waals surface area contributed by atoms with Gasteiger partial charge in [0, 0.05) is 5.69 Å². The normalized spacial score (nSPS) is 33.0. The van der Waals surface area contributed by atoms with E-state index in [2.05, 4.69) is 47.8 Å². The Morgan fingerprint density at radius 2 is 1.50 bits per heavy atom. The summed E-state index contributed by atoms with van der Waals surface area (Å²) in [6, 6.07) is 15.1. The molecule has 5 aliphatic carbocycles. The number of benzene rings is 2. The monoisotopic (exact) mass is 343 g/mol. The summed E-state index contributed by atoms with van der Waals surface area (Å²) < 4.78 is 0. The Bertz CT molecular complexity index is 877. The third-order valence-electron chi connectivity index (χ3n) is 7.57. The molecule has 0 aromatic heterocycles. The molecule has 132 valence electrons. The van der Waals surface area contributed by atoms with E-state index in [1.807, 2.05) is 0 Å². The average molecular weight is 343 g/mol. The minimum atomic E-state index is -0.0727. The molecule has 2 aromatic rings. The summed E-state index contributed by atoms with van der Waals surface area (Å²) in [4.78, 5) is 13.3. The van der Waals surface area contributed by atoms with Crippen LogP contribution >= 0.6 is 0 Å². The van der Waals surface area contributed by atoms with Crippen molar-refractivity contribution < 1.29 is 4.79 Å². The molecule has 0 atom stereocenters. The van der Waals surface area contributed by atoms with E-state index in [-0.39, 0.29) is 5.41 Å². The first-order chi connectivity index (χ1) is 12.7. The lowest BCUT2D eigenvalue weighted by atomic mass is 9.49. The Morgan fingerprint density at radius 3 is 2.23 bits per heavy atom. The summed E-state index contributed by atoms with van der Waals surface area (Å²) in [5, 5.41) is 3.32. The molecular weight excluding hydrogens is 318 g/mol. The largest absolute Gasteiger partial charge is 0.326 e. The van der Waals surface area contributed by atoms with Crippen LogP contribution in [-0.4, -0.2) is 5.91 Å². The molecule has 0 spiro atoms. The predicted molar refractivity (Wildman–Crippen MR) is 104 cm³/mol. The van der Waals surface area contributed by atoms with Gasteiger partial charge in [-0.1, -0.05) is 30.3 Å². The van der Waals surface area contributed by atoms with Gasteiger partial charge in [-0.05, 0) is 97.1 Å². The Balaban J connectivity index is 1.27. The smallest absolute Gasteiger partial charge is 0.230 e. The zero-order valence-electron chi connectivity index (χ0n) is 15.1. The maximum absolute atomic E-state index is 13.3. The third-order valence-corrected chi connectivity index (χ3v) is 7.57. The highest BCUT2D eigenvalue weighted by atomic mass is 16.2. The van der Waals surface area contributed by atoms with Crippen LogP contribution in [0.3, 0.4) is 0 Å². The molecule has 4 bridgehead atoms. The van der Waals surface area contributed by atoms with E-state index in [1.165, 1.54) is 41.5 Å². The van der Waals surface area contributed by atoms with Crippen LogP contribution in [-0.2, 0) is 11.2 Å². The lowest BCUT2D eigenvalue weighted by Crippen LogP contribution is -2.51. The lowest BCUT2D eigenvalue weighted by molar-refractivity contribution is -0.140. The predicted octanol–water partition coefficient (Wildman–Crippen LogP) is 5.41. The van der Waals surface area contributed by atoms with Crippen molar-refractivity contribution in [3.05, 3.63) is 53.6 Å². The summed E-state index contributed by atoms with van der Waals surface area (Å²) in [5.74, 6) is 2.72. The van der Waals surface area contributed by atoms with E-state index in [4.69, 9.17) is 0 Å². The second-order valence-corrected chi connectivity index (χ2v) is 9.36. The van der Waals surface area contributed by atoms with E-state index in [1.54, 1.807) is 0 Å². The van der Waals surface area contributed by atoms with Gasteiger partial charge < -0.3 is 5.32 Å². The molecule has 2 heteroatoms. The van der Waals surface area contributed by atoms with Crippen molar-refractivity contribution in [2.45, 2.75) is 44.9 Å². The number of hydrogen-bond donors (Lipinski definition) is 1. The van der Waals surface area contributed by atoms with Crippen molar-refractivity contribution in [1.82, 2.24) is 0 Å². The molecule has 1 amide bonds. The summed E-state index contributed by atoms with van der Waals surface area (Å²) >= 11 is 0. The van der Waals surface area contributed by atoms with Gasteiger partial charge >= 0.3 is 0 Å². The fourth-order valence-corrected chi connectivity index (χ4v) is 6.88. The summed E-state index contributed by atoms with van der Waals surface area (Å²) in [6.07, 6.45) is 8.49. The number of nitrogens with one attached hydrogen (secondary N) is 1. The Labute approximate surface area is 155 Å². The molecule has 26 heavy (non-hydrogen) atoms. The fourth-order valence-electron chi connectivity index (χ4n) is 6.88. The highest BCUT2D eigenvalue weighted by molar-refractivity contribution is 5.96. The van der Waals surface area contributed by atoms with Crippen molar-refractivity contribution in [3.63, 3.8) is 0 Å². The van der Waals surface area contributed by atoms with E-state index in [0.29, 0.717) is 5.91 Å². The quantitative estimate of drug-likeness (QED) is 0.662. The zero-order chi connectivity index (χ0) is 17.3. The molecule has 7 rings (SSSR count). The van der Waals surface area contributed by atoms with Gasteiger partial charge in [-0.2, -0.15) is 0 Å². The SMILES string of the molecule is O=C(Nc1ccc2c(c1)Cc1ccccc1-2)C12CC3CC(CC(C3)C1)C2. The molecule has 0 saturated heterocycles. The minimum absolute atomic E-state index is 0.0727. The van der Waals surface area contributed by atoms with Crippen LogP contribution in [0.15, 0.2) is 42.5 Å². The molecule has 2 aromatic carbocycles. The molecule has 0 heterocycles. The van der Waals surface area contributed by atoms with Crippen LogP contribution in [0.4, 0.5) is 5.69 Å². The van der Waals surface area contributed by atoms with Crippen LogP contribution in [0.2, 0.25) is 0 Å². The van der Waals surface area contributed by atoms with E-state index in [0.717, 1.165) is 49.1 Å². The van der Waals surface area contributed by atoms with Crippen molar-refractivity contribution in [2.24, 2.45) is 23.2 Å². The van der Waals surface area contributed by atoms with Crippen molar-refractivity contribution >= 4 is 11.6 Å². The first kappa shape index (κ1) is 15.0. The molecule has 0 radical (unpaired) electrons. The summed E-state index contributed by atoms with van der Waals surface area (Å²) in [6.45, 7) is 0.